The lowest BCUT2D eigenvalue weighted by Crippen LogP contribution is -2.43. The van der Waals surface area contributed by atoms with Crippen LogP contribution in [0, 0.1) is 5.41 Å². The third-order valence-corrected chi connectivity index (χ3v) is 1.83. The highest BCUT2D eigenvalue weighted by atomic mass is 19.3. The Morgan fingerprint density at radius 1 is 1.25 bits per heavy atom. The third-order valence-electron chi connectivity index (χ3n) is 1.83. The average Bonchev–Trinajstić information content (AvgIpc) is 1.80. The number of rotatable bonds is 3. The van der Waals surface area contributed by atoms with Gasteiger partial charge in [-0.05, 0) is 19.4 Å². The van der Waals surface area contributed by atoms with Crippen LogP contribution in [0.2, 0.25) is 0 Å². The van der Waals surface area contributed by atoms with Crippen molar-refractivity contribution < 1.29 is 8.78 Å². The van der Waals surface area contributed by atoms with Crippen LogP contribution in [-0.4, -0.2) is 19.0 Å². The molecule has 74 valence electrons. The zero-order chi connectivity index (χ0) is 9.99. The SMILES string of the molecule is CNC(C)C(F)(F)CC(C)(C)C. The second-order valence-electron chi connectivity index (χ2n) is 4.51. The molecule has 0 bridgehead atoms. The first-order valence-electron chi connectivity index (χ1n) is 4.24. The van der Waals surface area contributed by atoms with Gasteiger partial charge in [-0.1, -0.05) is 20.8 Å². The molecule has 0 spiro atoms. The molecule has 0 saturated carbocycles. The average molecular weight is 179 g/mol. The molecule has 0 aromatic carbocycles. The fourth-order valence-electron chi connectivity index (χ4n) is 1.07. The van der Waals surface area contributed by atoms with Gasteiger partial charge in [0.25, 0.3) is 5.92 Å². The lowest BCUT2D eigenvalue weighted by Gasteiger charge is -2.29. The topological polar surface area (TPSA) is 12.0 Å². The van der Waals surface area contributed by atoms with Crippen molar-refractivity contribution in [3.8, 4) is 0 Å². The normalized spacial score (nSPS) is 16.2. The molecule has 0 fully saturated rings. The molecular weight excluding hydrogens is 160 g/mol. The van der Waals surface area contributed by atoms with Crippen LogP contribution in [0.15, 0.2) is 0 Å². The van der Waals surface area contributed by atoms with E-state index >= 15 is 0 Å². The minimum atomic E-state index is -2.62. The standard InChI is InChI=1S/C9H19F2N/c1-7(12-5)9(10,11)6-8(2,3)4/h7,12H,6H2,1-5H3. The highest BCUT2D eigenvalue weighted by Crippen LogP contribution is 2.33. The highest BCUT2D eigenvalue weighted by molar-refractivity contribution is 4.83. The van der Waals surface area contributed by atoms with E-state index in [2.05, 4.69) is 5.32 Å². The molecule has 1 nitrogen and oxygen atoms in total. The van der Waals surface area contributed by atoms with Gasteiger partial charge in [-0.3, -0.25) is 0 Å². The fourth-order valence-corrected chi connectivity index (χ4v) is 1.07. The van der Waals surface area contributed by atoms with Crippen LogP contribution >= 0.6 is 0 Å². The van der Waals surface area contributed by atoms with E-state index in [1.807, 2.05) is 20.8 Å². The van der Waals surface area contributed by atoms with Crippen molar-refractivity contribution in [2.45, 2.75) is 46.1 Å². The molecule has 0 saturated heterocycles. The van der Waals surface area contributed by atoms with Crippen LogP contribution in [0.1, 0.15) is 34.1 Å². The van der Waals surface area contributed by atoms with E-state index in [9.17, 15) is 8.78 Å². The van der Waals surface area contributed by atoms with Gasteiger partial charge in [0.05, 0.1) is 6.04 Å². The summed E-state index contributed by atoms with van der Waals surface area (Å²) < 4.78 is 26.5. The first-order valence-corrected chi connectivity index (χ1v) is 4.24. The van der Waals surface area contributed by atoms with Gasteiger partial charge in [0.2, 0.25) is 0 Å². The summed E-state index contributed by atoms with van der Waals surface area (Å²) in [6, 6.07) is -0.753. The van der Waals surface area contributed by atoms with Gasteiger partial charge in [0.15, 0.2) is 0 Å². The Bertz CT molecular complexity index is 138. The van der Waals surface area contributed by atoms with Crippen LogP contribution in [0.4, 0.5) is 8.78 Å². The maximum Gasteiger partial charge on any atom is 0.263 e. The van der Waals surface area contributed by atoms with E-state index in [-0.39, 0.29) is 11.8 Å². The molecule has 3 heteroatoms. The molecule has 0 aromatic rings. The summed E-state index contributed by atoms with van der Waals surface area (Å²) in [6.45, 7) is 6.97. The Kier molecular flexibility index (Phi) is 3.63. The molecule has 0 aromatic heterocycles. The van der Waals surface area contributed by atoms with E-state index in [4.69, 9.17) is 0 Å². The maximum atomic E-state index is 13.3. The second kappa shape index (κ2) is 3.69. The van der Waals surface area contributed by atoms with Crippen LogP contribution in [0.5, 0.6) is 0 Å². The predicted octanol–water partition coefficient (Wildman–Crippen LogP) is 2.67. The van der Waals surface area contributed by atoms with Crippen LogP contribution in [-0.2, 0) is 0 Å². The van der Waals surface area contributed by atoms with Crippen molar-refractivity contribution in [2.75, 3.05) is 7.05 Å². The van der Waals surface area contributed by atoms with Crippen molar-refractivity contribution in [3.63, 3.8) is 0 Å². The van der Waals surface area contributed by atoms with E-state index < -0.39 is 12.0 Å². The molecular formula is C9H19F2N. The summed E-state index contributed by atoms with van der Waals surface area (Å²) in [5.41, 5.74) is -0.325. The van der Waals surface area contributed by atoms with Gasteiger partial charge in [0.1, 0.15) is 0 Å². The minimum absolute atomic E-state index is 0.0813. The van der Waals surface area contributed by atoms with Gasteiger partial charge in [-0.2, -0.15) is 0 Å². The van der Waals surface area contributed by atoms with E-state index in [1.54, 1.807) is 7.05 Å². The zero-order valence-electron chi connectivity index (χ0n) is 8.54. The summed E-state index contributed by atoms with van der Waals surface area (Å²) in [6.07, 6.45) is -0.0813. The first-order chi connectivity index (χ1) is 5.19. The summed E-state index contributed by atoms with van der Waals surface area (Å²) >= 11 is 0. The summed E-state index contributed by atoms with van der Waals surface area (Å²) in [5.74, 6) is -2.62. The molecule has 12 heavy (non-hydrogen) atoms. The predicted molar refractivity (Wildman–Crippen MR) is 47.5 cm³/mol. The summed E-state index contributed by atoms with van der Waals surface area (Å²) in [4.78, 5) is 0. The number of hydrogen-bond donors (Lipinski definition) is 1. The van der Waals surface area contributed by atoms with E-state index in [1.165, 1.54) is 6.92 Å². The Balaban J connectivity index is 4.22. The molecule has 1 atom stereocenters. The zero-order valence-corrected chi connectivity index (χ0v) is 8.54. The number of hydrogen-bond acceptors (Lipinski definition) is 1. The highest BCUT2D eigenvalue weighted by Gasteiger charge is 2.39. The van der Waals surface area contributed by atoms with Crippen molar-refractivity contribution in [1.29, 1.82) is 0 Å². The second-order valence-corrected chi connectivity index (χ2v) is 4.51. The Hall–Kier alpha value is -0.180. The molecule has 0 aliphatic rings. The largest absolute Gasteiger partial charge is 0.312 e. The van der Waals surface area contributed by atoms with Crippen LogP contribution in [0.25, 0.3) is 0 Å². The van der Waals surface area contributed by atoms with Crippen LogP contribution in [0.3, 0.4) is 0 Å². The smallest absolute Gasteiger partial charge is 0.263 e. The Morgan fingerprint density at radius 2 is 1.67 bits per heavy atom. The lowest BCUT2D eigenvalue weighted by molar-refractivity contribution is -0.0612. The molecule has 0 rings (SSSR count). The van der Waals surface area contributed by atoms with E-state index in [0.717, 1.165) is 0 Å². The van der Waals surface area contributed by atoms with Crippen molar-refractivity contribution in [1.82, 2.24) is 5.32 Å². The van der Waals surface area contributed by atoms with Gasteiger partial charge in [-0.15, -0.1) is 0 Å². The van der Waals surface area contributed by atoms with Crippen molar-refractivity contribution >= 4 is 0 Å². The van der Waals surface area contributed by atoms with Gasteiger partial charge in [0, 0.05) is 6.42 Å². The fraction of sp³-hybridized carbons (Fsp3) is 1.00. The minimum Gasteiger partial charge on any atom is -0.312 e. The first kappa shape index (κ1) is 11.8. The molecule has 1 N–H and O–H groups in total. The van der Waals surface area contributed by atoms with Gasteiger partial charge < -0.3 is 5.32 Å². The molecule has 0 radical (unpaired) electrons. The summed E-state index contributed by atoms with van der Waals surface area (Å²) in [5, 5.41) is 2.58. The number of alkyl halides is 2. The third kappa shape index (κ3) is 4.00. The molecule has 0 heterocycles. The molecule has 0 aliphatic heterocycles. The van der Waals surface area contributed by atoms with Crippen LogP contribution < -0.4 is 5.32 Å². The summed E-state index contributed by atoms with van der Waals surface area (Å²) in [7, 11) is 1.56. The molecule has 1 unspecified atom stereocenters. The monoisotopic (exact) mass is 179 g/mol. The maximum absolute atomic E-state index is 13.3. The Labute approximate surface area is 73.5 Å². The van der Waals surface area contributed by atoms with E-state index in [0.29, 0.717) is 0 Å². The number of halogens is 2. The lowest BCUT2D eigenvalue weighted by atomic mass is 9.86. The molecule has 0 aliphatic carbocycles. The van der Waals surface area contributed by atoms with Gasteiger partial charge >= 0.3 is 0 Å². The molecule has 0 amide bonds. The van der Waals surface area contributed by atoms with Crippen molar-refractivity contribution in [2.24, 2.45) is 5.41 Å². The Morgan fingerprint density at radius 3 is 1.92 bits per heavy atom. The van der Waals surface area contributed by atoms with Gasteiger partial charge in [-0.25, -0.2) is 8.78 Å². The number of nitrogens with one attached hydrogen (secondary N) is 1. The quantitative estimate of drug-likeness (QED) is 0.702. The van der Waals surface area contributed by atoms with Crippen molar-refractivity contribution in [3.05, 3.63) is 0 Å².